The van der Waals surface area contributed by atoms with Crippen LogP contribution in [0.2, 0.25) is 0 Å². The van der Waals surface area contributed by atoms with Crippen LogP contribution in [0.5, 0.6) is 5.75 Å². The zero-order chi connectivity index (χ0) is 30.1. The number of aliphatic hydroxyl groups excluding tert-OH is 1. The van der Waals surface area contributed by atoms with Crippen LogP contribution in [0.25, 0.3) is 10.8 Å². The molecule has 0 aliphatic carbocycles. The minimum atomic E-state index is -4.42. The van der Waals surface area contributed by atoms with Crippen molar-refractivity contribution in [2.75, 3.05) is 6.61 Å². The molecular formula is C26H30FIN3O9P. The summed E-state index contributed by atoms with van der Waals surface area (Å²) >= 11 is 1.67. The number of H-pyrrole nitrogens is 1. The summed E-state index contributed by atoms with van der Waals surface area (Å²) in [5.74, 6) is -0.537. The number of nitrogens with zero attached hydrogens (tertiary/aromatic N) is 1. The predicted octanol–water partition coefficient (Wildman–Crippen LogP) is 3.41. The van der Waals surface area contributed by atoms with Crippen LogP contribution < -0.4 is 20.9 Å². The normalized spacial score (nSPS) is 24.7. The third kappa shape index (κ3) is 6.89. The van der Waals surface area contributed by atoms with Gasteiger partial charge in [0.25, 0.3) is 5.56 Å². The monoisotopic (exact) mass is 705 g/mol. The van der Waals surface area contributed by atoms with Gasteiger partial charge in [-0.05, 0) is 61.7 Å². The molecule has 222 valence electrons. The third-order valence-electron chi connectivity index (χ3n) is 6.33. The molecule has 1 fully saturated rings. The number of aromatic nitrogens is 2. The lowest BCUT2D eigenvalue weighted by Gasteiger charge is -2.26. The van der Waals surface area contributed by atoms with Crippen LogP contribution in [-0.2, 0) is 23.4 Å². The highest BCUT2D eigenvalue weighted by atomic mass is 127. The standard InChI is InChI=1S/C26H30FIN3O9P/c1-14(2)38-23(34)15(3)30-41(36,40-19-11-7-9-16-8-5-6-10-17(16)19)37-13-20-21(32)26(4,27)24(39-20)31-12-18(28)22(33)29-25(31)35/h5-12,14-15,20-21,24,32H,13H2,1-4H3,(H,30,36)(H,29,33,35)/t15-,20-,21-,24?,26-,41+/m1/s1. The van der Waals surface area contributed by atoms with E-state index in [1.165, 1.54) is 6.92 Å². The number of hydrogen-bond donors (Lipinski definition) is 3. The molecule has 4 rings (SSSR count). The van der Waals surface area contributed by atoms with Gasteiger partial charge in [-0.3, -0.25) is 23.7 Å². The van der Waals surface area contributed by atoms with E-state index < -0.39 is 67.8 Å². The number of aromatic amines is 1. The third-order valence-corrected chi connectivity index (χ3v) is 8.73. The van der Waals surface area contributed by atoms with E-state index in [4.69, 9.17) is 18.5 Å². The Morgan fingerprint density at radius 1 is 1.24 bits per heavy atom. The Morgan fingerprint density at radius 3 is 2.63 bits per heavy atom. The molecule has 15 heteroatoms. The highest BCUT2D eigenvalue weighted by molar-refractivity contribution is 14.1. The summed E-state index contributed by atoms with van der Waals surface area (Å²) in [5.41, 5.74) is -4.11. The fraction of sp³-hybridized carbons (Fsp3) is 0.423. The van der Waals surface area contributed by atoms with Gasteiger partial charge in [-0.15, -0.1) is 0 Å². The van der Waals surface area contributed by atoms with Gasteiger partial charge in [-0.1, -0.05) is 36.4 Å². The maximum atomic E-state index is 15.7. The fourth-order valence-electron chi connectivity index (χ4n) is 4.28. The Kier molecular flexibility index (Phi) is 9.41. The molecule has 3 N–H and O–H groups in total. The van der Waals surface area contributed by atoms with Gasteiger partial charge in [0.05, 0.1) is 16.3 Å². The number of nitrogens with one attached hydrogen (secondary N) is 2. The zero-order valence-electron chi connectivity index (χ0n) is 22.6. The van der Waals surface area contributed by atoms with E-state index >= 15 is 4.39 Å². The maximum absolute atomic E-state index is 15.7. The maximum Gasteiger partial charge on any atom is 0.459 e. The van der Waals surface area contributed by atoms with Crippen molar-refractivity contribution in [1.82, 2.24) is 14.6 Å². The second kappa shape index (κ2) is 12.3. The Hall–Kier alpha value is -2.62. The first kappa shape index (κ1) is 31.3. The Morgan fingerprint density at radius 2 is 1.93 bits per heavy atom. The van der Waals surface area contributed by atoms with Gasteiger partial charge in [0, 0.05) is 11.6 Å². The number of carbonyl (C=O) groups excluding carboxylic acids is 1. The quantitative estimate of drug-likeness (QED) is 0.162. The number of alkyl halides is 1. The van der Waals surface area contributed by atoms with Crippen molar-refractivity contribution in [1.29, 1.82) is 0 Å². The topological polar surface area (TPSA) is 158 Å². The molecule has 1 aromatic heterocycles. The predicted molar refractivity (Wildman–Crippen MR) is 155 cm³/mol. The molecule has 1 aliphatic rings. The van der Waals surface area contributed by atoms with Crippen LogP contribution in [0, 0.1) is 3.57 Å². The lowest BCUT2D eigenvalue weighted by molar-refractivity contribution is -0.149. The number of carbonyl (C=O) groups is 1. The lowest BCUT2D eigenvalue weighted by atomic mass is 9.98. The van der Waals surface area contributed by atoms with Crippen molar-refractivity contribution in [2.24, 2.45) is 0 Å². The van der Waals surface area contributed by atoms with Gasteiger partial charge in [0.1, 0.15) is 24.0 Å². The minimum absolute atomic E-state index is 0.0928. The summed E-state index contributed by atoms with van der Waals surface area (Å²) in [4.78, 5) is 38.7. The molecule has 6 atom stereocenters. The molecule has 1 saturated heterocycles. The van der Waals surface area contributed by atoms with Crippen molar-refractivity contribution in [2.45, 2.75) is 63.9 Å². The molecule has 1 aliphatic heterocycles. The molecule has 0 spiro atoms. The molecule has 1 unspecified atom stereocenters. The molecule has 0 bridgehead atoms. The van der Waals surface area contributed by atoms with E-state index in [1.54, 1.807) is 60.7 Å². The SMILES string of the molecule is CC(C)OC(=O)[C@@H](C)N[P@](=O)(OC[C@H]1OC(n2cc(I)c(=O)[nH]c2=O)[C@](C)(F)[C@@H]1O)Oc1cccc2ccccc12. The highest BCUT2D eigenvalue weighted by Crippen LogP contribution is 2.48. The Labute approximate surface area is 247 Å². The van der Waals surface area contributed by atoms with E-state index in [9.17, 15) is 24.1 Å². The summed E-state index contributed by atoms with van der Waals surface area (Å²) in [6.07, 6.45) is -4.23. The number of halogens is 2. The number of benzene rings is 2. The van der Waals surface area contributed by atoms with Crippen LogP contribution >= 0.6 is 30.3 Å². The van der Waals surface area contributed by atoms with Gasteiger partial charge in [-0.2, -0.15) is 5.09 Å². The number of esters is 1. The molecule has 0 saturated carbocycles. The van der Waals surface area contributed by atoms with Gasteiger partial charge < -0.3 is 19.1 Å². The first-order chi connectivity index (χ1) is 19.2. The number of fused-ring (bicyclic) bond motifs is 1. The first-order valence-corrected chi connectivity index (χ1v) is 15.3. The summed E-state index contributed by atoms with van der Waals surface area (Å²) in [7, 11) is -4.42. The van der Waals surface area contributed by atoms with Crippen LogP contribution in [0.3, 0.4) is 0 Å². The Balaban J connectivity index is 1.61. The van der Waals surface area contributed by atoms with Gasteiger partial charge >= 0.3 is 19.4 Å². The molecule has 0 amide bonds. The molecule has 12 nitrogen and oxygen atoms in total. The minimum Gasteiger partial charge on any atom is -0.462 e. The highest BCUT2D eigenvalue weighted by Gasteiger charge is 2.56. The first-order valence-electron chi connectivity index (χ1n) is 12.7. The van der Waals surface area contributed by atoms with Crippen molar-refractivity contribution in [3.63, 3.8) is 0 Å². The van der Waals surface area contributed by atoms with Crippen LogP contribution in [0.1, 0.15) is 33.9 Å². The van der Waals surface area contributed by atoms with E-state index in [-0.39, 0.29) is 9.32 Å². The van der Waals surface area contributed by atoms with E-state index in [0.29, 0.717) is 5.39 Å². The smallest absolute Gasteiger partial charge is 0.459 e. The van der Waals surface area contributed by atoms with Crippen molar-refractivity contribution < 1.29 is 37.4 Å². The van der Waals surface area contributed by atoms with Gasteiger partial charge in [-0.25, -0.2) is 13.8 Å². The van der Waals surface area contributed by atoms with Gasteiger partial charge in [0.2, 0.25) is 0 Å². The van der Waals surface area contributed by atoms with Crippen molar-refractivity contribution >= 4 is 47.1 Å². The Bertz CT molecular complexity index is 1590. The summed E-state index contributed by atoms with van der Waals surface area (Å²) in [5, 5.41) is 14.7. The van der Waals surface area contributed by atoms with Crippen LogP contribution in [0.4, 0.5) is 4.39 Å². The summed E-state index contributed by atoms with van der Waals surface area (Å²) < 4.78 is 53.0. The largest absolute Gasteiger partial charge is 0.462 e. The second-order valence-electron chi connectivity index (χ2n) is 9.96. The summed E-state index contributed by atoms with van der Waals surface area (Å²) in [6.45, 7) is 5.10. The number of hydrogen-bond acceptors (Lipinski definition) is 9. The van der Waals surface area contributed by atoms with Gasteiger partial charge in [0.15, 0.2) is 11.9 Å². The molecule has 2 aromatic carbocycles. The van der Waals surface area contributed by atoms with E-state index in [1.807, 2.05) is 18.2 Å². The van der Waals surface area contributed by atoms with Crippen molar-refractivity contribution in [3.05, 3.63) is 73.1 Å². The van der Waals surface area contributed by atoms with Crippen LogP contribution in [-0.4, -0.2) is 57.3 Å². The van der Waals surface area contributed by atoms with Crippen molar-refractivity contribution in [3.8, 4) is 5.75 Å². The fourth-order valence-corrected chi connectivity index (χ4v) is 6.23. The van der Waals surface area contributed by atoms with E-state index in [2.05, 4.69) is 10.1 Å². The number of ether oxygens (including phenoxy) is 2. The molecule has 3 aromatic rings. The molecule has 2 heterocycles. The van der Waals surface area contributed by atoms with E-state index in [0.717, 1.165) is 23.1 Å². The molecule has 41 heavy (non-hydrogen) atoms. The zero-order valence-corrected chi connectivity index (χ0v) is 25.6. The average Bonchev–Trinajstić information content (AvgIpc) is 3.13. The number of rotatable bonds is 10. The molecular weight excluding hydrogens is 675 g/mol. The number of aliphatic hydroxyl groups is 1. The van der Waals surface area contributed by atoms with Crippen LogP contribution in [0.15, 0.2) is 58.3 Å². The lowest BCUT2D eigenvalue weighted by Crippen LogP contribution is -2.44. The molecule has 0 radical (unpaired) electrons. The average molecular weight is 705 g/mol. The summed E-state index contributed by atoms with van der Waals surface area (Å²) in [6, 6.07) is 11.1. The second-order valence-corrected chi connectivity index (χ2v) is 12.8.